The van der Waals surface area contributed by atoms with Crippen molar-refractivity contribution < 1.29 is 34.5 Å². The maximum absolute atomic E-state index is 10.9. The molecule has 0 saturated carbocycles. The zero-order valence-corrected chi connectivity index (χ0v) is 19.8. The zero-order chi connectivity index (χ0) is 25.5. The molecular weight excluding hydrogens is 444 g/mol. The summed E-state index contributed by atoms with van der Waals surface area (Å²) in [5, 5.41) is 25.0. The van der Waals surface area contributed by atoms with E-state index in [0.29, 0.717) is 30.7 Å². The predicted octanol–water partition coefficient (Wildman–Crippen LogP) is 3.26. The number of hydrogen-bond acceptors (Lipinski definition) is 10. The van der Waals surface area contributed by atoms with E-state index in [9.17, 15) is 4.79 Å². The molecule has 0 atom stereocenters. The van der Waals surface area contributed by atoms with Crippen LogP contribution in [0.25, 0.3) is 0 Å². The van der Waals surface area contributed by atoms with Crippen LogP contribution in [0.5, 0.6) is 5.75 Å². The summed E-state index contributed by atoms with van der Waals surface area (Å²) in [6.07, 6.45) is 3.90. The molecule has 1 fully saturated rings. The third kappa shape index (κ3) is 9.30. The highest BCUT2D eigenvalue weighted by Gasteiger charge is 2.25. The van der Waals surface area contributed by atoms with Gasteiger partial charge in [0.2, 0.25) is 0 Å². The van der Waals surface area contributed by atoms with Crippen molar-refractivity contribution in [2.45, 2.75) is 38.6 Å². The van der Waals surface area contributed by atoms with Crippen LogP contribution in [0.15, 0.2) is 41.4 Å². The molecule has 0 amide bonds. The molecule has 188 valence electrons. The molecule has 2 heterocycles. The number of benzene rings is 1. The molecule has 1 aromatic heterocycles. The van der Waals surface area contributed by atoms with Gasteiger partial charge in [-0.25, -0.2) is 4.79 Å². The molecule has 1 aliphatic rings. The van der Waals surface area contributed by atoms with E-state index in [4.69, 9.17) is 29.7 Å². The van der Waals surface area contributed by atoms with Gasteiger partial charge in [0.25, 0.3) is 0 Å². The van der Waals surface area contributed by atoms with Crippen molar-refractivity contribution in [1.82, 2.24) is 15.0 Å². The Morgan fingerprint density at radius 3 is 2.35 bits per heavy atom. The molecule has 1 aromatic carbocycles. The third-order valence-electron chi connectivity index (χ3n) is 5.22. The van der Waals surface area contributed by atoms with Gasteiger partial charge >= 0.3 is 12.0 Å². The number of likely N-dealkylation sites (N-methyl/N-ethyl adjacent to an activating group) is 1. The number of piperidine rings is 1. The highest BCUT2D eigenvalue weighted by molar-refractivity contribution is 5.87. The molecule has 1 aliphatic heterocycles. The molecule has 0 aliphatic carbocycles. The fourth-order valence-corrected chi connectivity index (χ4v) is 3.27. The van der Waals surface area contributed by atoms with Crippen molar-refractivity contribution in [1.29, 1.82) is 0 Å². The highest BCUT2D eigenvalue weighted by atomic mass is 17.0. The normalized spacial score (nSPS) is 13.4. The SMILES string of the molecule is C=CC=O.CC(C)c1noc(N2CCC(N(C)CCOc3ccc(C(=O)O)cc3)CC2)n1.OO. The Hall–Kier alpha value is -3.28. The molecule has 11 heteroatoms. The number of aromatic carboxylic acids is 1. The summed E-state index contributed by atoms with van der Waals surface area (Å²) in [5.74, 6) is 0.772. The second-order valence-corrected chi connectivity index (χ2v) is 7.84. The van der Waals surface area contributed by atoms with Gasteiger partial charge in [-0.2, -0.15) is 4.98 Å². The zero-order valence-electron chi connectivity index (χ0n) is 19.8. The van der Waals surface area contributed by atoms with Crippen molar-refractivity contribution >= 4 is 18.3 Å². The molecule has 0 bridgehead atoms. The Bertz CT molecular complexity index is 856. The number of aromatic nitrogens is 2. The number of carboxylic acid groups (broad SMARTS) is 1. The first kappa shape index (κ1) is 28.8. The fraction of sp³-hybridized carbons (Fsp3) is 0.478. The molecule has 11 nitrogen and oxygen atoms in total. The van der Waals surface area contributed by atoms with Gasteiger partial charge in [-0.1, -0.05) is 25.6 Å². The van der Waals surface area contributed by atoms with Crippen LogP contribution in [0, 0.1) is 0 Å². The number of hydrogen-bond donors (Lipinski definition) is 3. The summed E-state index contributed by atoms with van der Waals surface area (Å²) in [4.78, 5) is 28.9. The van der Waals surface area contributed by atoms with Crippen LogP contribution in [0.4, 0.5) is 6.01 Å². The average Bonchev–Trinajstić information content (AvgIpc) is 3.37. The lowest BCUT2D eigenvalue weighted by Crippen LogP contribution is -2.44. The van der Waals surface area contributed by atoms with Gasteiger partial charge in [0.15, 0.2) is 5.82 Å². The Morgan fingerprint density at radius 1 is 1.29 bits per heavy atom. The average molecular weight is 479 g/mol. The number of allylic oxidation sites excluding steroid dienone is 1. The van der Waals surface area contributed by atoms with Crippen LogP contribution < -0.4 is 9.64 Å². The number of carbonyl (C=O) groups is 2. The minimum Gasteiger partial charge on any atom is -0.492 e. The van der Waals surface area contributed by atoms with Gasteiger partial charge in [0, 0.05) is 31.6 Å². The van der Waals surface area contributed by atoms with Crippen LogP contribution in [-0.4, -0.2) is 82.2 Å². The van der Waals surface area contributed by atoms with Crippen LogP contribution in [0.2, 0.25) is 0 Å². The summed E-state index contributed by atoms with van der Waals surface area (Å²) in [6.45, 7) is 10.4. The molecule has 1 saturated heterocycles. The molecule has 0 spiro atoms. The molecule has 2 aromatic rings. The highest BCUT2D eigenvalue weighted by Crippen LogP contribution is 2.22. The first-order chi connectivity index (χ1) is 16.3. The molecule has 3 rings (SSSR count). The second kappa shape index (κ2) is 15.5. The van der Waals surface area contributed by atoms with E-state index in [1.807, 2.05) is 0 Å². The van der Waals surface area contributed by atoms with E-state index in [1.54, 1.807) is 24.3 Å². The van der Waals surface area contributed by atoms with E-state index >= 15 is 0 Å². The van der Waals surface area contributed by atoms with Crippen molar-refractivity contribution in [3.8, 4) is 5.75 Å². The lowest BCUT2D eigenvalue weighted by Gasteiger charge is -2.35. The number of carbonyl (C=O) groups excluding carboxylic acids is 1. The van der Waals surface area contributed by atoms with Crippen LogP contribution in [-0.2, 0) is 4.79 Å². The summed E-state index contributed by atoms with van der Waals surface area (Å²) in [6, 6.07) is 7.61. The predicted molar refractivity (Wildman–Crippen MR) is 127 cm³/mol. The minimum atomic E-state index is -0.932. The molecule has 0 unspecified atom stereocenters. The van der Waals surface area contributed by atoms with Gasteiger partial charge in [-0.05, 0) is 50.2 Å². The first-order valence-electron chi connectivity index (χ1n) is 10.9. The maximum atomic E-state index is 10.9. The largest absolute Gasteiger partial charge is 0.492 e. The third-order valence-corrected chi connectivity index (χ3v) is 5.22. The fourth-order valence-electron chi connectivity index (χ4n) is 3.27. The monoisotopic (exact) mass is 478 g/mol. The van der Waals surface area contributed by atoms with E-state index in [1.165, 1.54) is 6.08 Å². The van der Waals surface area contributed by atoms with Gasteiger partial charge in [0.05, 0.1) is 5.56 Å². The van der Waals surface area contributed by atoms with Crippen LogP contribution >= 0.6 is 0 Å². The van der Waals surface area contributed by atoms with E-state index in [-0.39, 0.29) is 11.5 Å². The number of carboxylic acids is 1. The van der Waals surface area contributed by atoms with Crippen molar-refractivity contribution in [2.24, 2.45) is 0 Å². The minimum absolute atomic E-state index is 0.262. The number of rotatable bonds is 9. The number of anilines is 1. The summed E-state index contributed by atoms with van der Waals surface area (Å²) >= 11 is 0. The summed E-state index contributed by atoms with van der Waals surface area (Å²) in [5.41, 5.74) is 0.262. The number of ether oxygens (including phenoxy) is 1. The Balaban J connectivity index is 0.000000872. The summed E-state index contributed by atoms with van der Waals surface area (Å²) in [7, 11) is 2.11. The van der Waals surface area contributed by atoms with Gasteiger partial charge in [-0.3, -0.25) is 20.2 Å². The quantitative estimate of drug-likeness (QED) is 0.211. The van der Waals surface area contributed by atoms with Crippen LogP contribution in [0.1, 0.15) is 48.8 Å². The maximum Gasteiger partial charge on any atom is 0.335 e. The van der Waals surface area contributed by atoms with E-state index in [0.717, 1.165) is 38.3 Å². The standard InChI is InChI=1S/C20H28N4O4.C3H4O.H2O2/c1-14(2)18-21-20(28-22-18)24-10-8-16(9-11-24)23(3)12-13-27-17-6-4-15(5-7-17)19(25)26;1-2-3-4;1-2/h4-7,14,16H,8-13H2,1-3H3,(H,25,26);2-3H,1H2;1-2H. The van der Waals surface area contributed by atoms with E-state index < -0.39 is 5.97 Å². The Labute approximate surface area is 199 Å². The first-order valence-corrected chi connectivity index (χ1v) is 10.9. The lowest BCUT2D eigenvalue weighted by atomic mass is 10.0. The van der Waals surface area contributed by atoms with Gasteiger partial charge in [-0.15, -0.1) is 0 Å². The molecule has 34 heavy (non-hydrogen) atoms. The van der Waals surface area contributed by atoms with Gasteiger partial charge in [0.1, 0.15) is 18.6 Å². The lowest BCUT2D eigenvalue weighted by molar-refractivity contribution is -0.176. The number of aldehydes is 1. The second-order valence-electron chi connectivity index (χ2n) is 7.84. The Morgan fingerprint density at radius 2 is 1.88 bits per heavy atom. The van der Waals surface area contributed by atoms with Crippen molar-refractivity contribution in [3.63, 3.8) is 0 Å². The van der Waals surface area contributed by atoms with E-state index in [2.05, 4.69) is 47.4 Å². The summed E-state index contributed by atoms with van der Waals surface area (Å²) < 4.78 is 11.1. The number of nitrogens with zero attached hydrogens (tertiary/aromatic N) is 4. The van der Waals surface area contributed by atoms with Crippen molar-refractivity contribution in [2.75, 3.05) is 38.2 Å². The van der Waals surface area contributed by atoms with Crippen LogP contribution in [0.3, 0.4) is 0 Å². The molecule has 0 radical (unpaired) electrons. The van der Waals surface area contributed by atoms with Gasteiger partial charge < -0.3 is 19.3 Å². The topological polar surface area (TPSA) is 149 Å². The smallest absolute Gasteiger partial charge is 0.335 e. The molecular formula is C23H34N4O7. The Kier molecular flexibility index (Phi) is 13.1. The van der Waals surface area contributed by atoms with Crippen molar-refractivity contribution in [3.05, 3.63) is 48.3 Å². The molecule has 3 N–H and O–H groups in total.